The molecule has 0 fully saturated rings. The van der Waals surface area contributed by atoms with E-state index in [9.17, 15) is 4.79 Å². The molecule has 0 radical (unpaired) electrons. The first kappa shape index (κ1) is 16.5. The molecular formula is C18H24N4O2. The van der Waals surface area contributed by atoms with E-state index in [1.807, 2.05) is 30.1 Å². The zero-order valence-electron chi connectivity index (χ0n) is 14.5. The van der Waals surface area contributed by atoms with Crippen LogP contribution in [0.1, 0.15) is 12.0 Å². The number of ether oxygens (including phenoxy) is 1. The second-order valence-electron chi connectivity index (χ2n) is 6.43. The number of rotatable bonds is 4. The van der Waals surface area contributed by atoms with Crippen LogP contribution in [0.5, 0.6) is 5.75 Å². The Labute approximate surface area is 142 Å². The average Bonchev–Trinajstić information content (AvgIpc) is 2.88. The standard InChI is InChI=1S/C18H24N4O2/c1-20(2)15-9-8-14-6-4-5-7-17(14)22(11-15)18(23)13-24-16-10-19-21(3)12-16/h4-7,10,12,15H,8-9,11,13H2,1-3H3. The largest absolute Gasteiger partial charge is 0.480 e. The Kier molecular flexibility index (Phi) is 4.85. The maximum absolute atomic E-state index is 12.8. The molecule has 128 valence electrons. The van der Waals surface area contributed by atoms with E-state index in [4.69, 9.17) is 4.74 Å². The van der Waals surface area contributed by atoms with Gasteiger partial charge in [0.25, 0.3) is 5.91 Å². The van der Waals surface area contributed by atoms with Gasteiger partial charge in [0.2, 0.25) is 0 Å². The van der Waals surface area contributed by atoms with Gasteiger partial charge in [0.15, 0.2) is 12.4 Å². The summed E-state index contributed by atoms with van der Waals surface area (Å²) in [6, 6.07) is 8.48. The lowest BCUT2D eigenvalue weighted by Gasteiger charge is -2.29. The highest BCUT2D eigenvalue weighted by Crippen LogP contribution is 2.27. The number of fused-ring (bicyclic) bond motifs is 1. The molecule has 0 aliphatic carbocycles. The Morgan fingerprint density at radius 3 is 2.88 bits per heavy atom. The Hall–Kier alpha value is -2.34. The van der Waals surface area contributed by atoms with E-state index in [2.05, 4.69) is 30.2 Å². The molecule has 1 amide bonds. The van der Waals surface area contributed by atoms with Crippen LogP contribution in [0.3, 0.4) is 0 Å². The van der Waals surface area contributed by atoms with Gasteiger partial charge in [0.1, 0.15) is 0 Å². The molecule has 1 aliphatic heterocycles. The topological polar surface area (TPSA) is 50.6 Å². The highest BCUT2D eigenvalue weighted by Gasteiger charge is 2.27. The Bertz CT molecular complexity index is 711. The summed E-state index contributed by atoms with van der Waals surface area (Å²) in [4.78, 5) is 16.9. The first-order valence-corrected chi connectivity index (χ1v) is 8.20. The molecule has 2 aromatic rings. The smallest absolute Gasteiger partial charge is 0.264 e. The minimum absolute atomic E-state index is 0.0141. The number of likely N-dealkylation sites (N-methyl/N-ethyl adjacent to an activating group) is 1. The molecule has 3 rings (SSSR count). The molecule has 2 heterocycles. The number of anilines is 1. The van der Waals surface area contributed by atoms with Crippen LogP contribution in [-0.2, 0) is 18.3 Å². The third kappa shape index (κ3) is 3.59. The predicted octanol–water partition coefficient (Wildman–Crippen LogP) is 1.71. The van der Waals surface area contributed by atoms with Crippen molar-refractivity contribution in [2.24, 2.45) is 7.05 Å². The molecule has 0 saturated heterocycles. The van der Waals surface area contributed by atoms with Gasteiger partial charge >= 0.3 is 0 Å². The number of nitrogens with zero attached hydrogens (tertiary/aromatic N) is 4. The first-order chi connectivity index (χ1) is 11.5. The molecule has 1 aromatic carbocycles. The Morgan fingerprint density at radius 1 is 1.38 bits per heavy atom. The summed E-state index contributed by atoms with van der Waals surface area (Å²) in [6.07, 6.45) is 5.39. The zero-order valence-corrected chi connectivity index (χ0v) is 14.5. The number of benzene rings is 1. The van der Waals surface area contributed by atoms with Gasteiger partial charge in [0, 0.05) is 25.3 Å². The van der Waals surface area contributed by atoms with Gasteiger partial charge in [-0.3, -0.25) is 9.48 Å². The van der Waals surface area contributed by atoms with Gasteiger partial charge < -0.3 is 14.5 Å². The van der Waals surface area contributed by atoms with Crippen molar-refractivity contribution in [1.29, 1.82) is 0 Å². The van der Waals surface area contributed by atoms with Crippen molar-refractivity contribution in [3.8, 4) is 5.75 Å². The van der Waals surface area contributed by atoms with Gasteiger partial charge in [0.05, 0.1) is 12.4 Å². The van der Waals surface area contributed by atoms with E-state index >= 15 is 0 Å². The fourth-order valence-electron chi connectivity index (χ4n) is 3.06. The number of hydrogen-bond donors (Lipinski definition) is 0. The SMILES string of the molecule is CN(C)C1CCc2ccccc2N(C(=O)COc2cnn(C)c2)C1. The van der Waals surface area contributed by atoms with Crippen molar-refractivity contribution in [3.05, 3.63) is 42.2 Å². The maximum Gasteiger partial charge on any atom is 0.264 e. The van der Waals surface area contributed by atoms with E-state index in [-0.39, 0.29) is 12.5 Å². The van der Waals surface area contributed by atoms with Crippen LogP contribution in [0.4, 0.5) is 5.69 Å². The molecular weight excluding hydrogens is 304 g/mol. The molecule has 6 nitrogen and oxygen atoms in total. The van der Waals surface area contributed by atoms with Gasteiger partial charge in [-0.2, -0.15) is 5.10 Å². The van der Waals surface area contributed by atoms with Crippen LogP contribution in [-0.4, -0.2) is 53.9 Å². The van der Waals surface area contributed by atoms with E-state index in [0.717, 1.165) is 18.5 Å². The van der Waals surface area contributed by atoms with E-state index in [1.54, 1.807) is 17.1 Å². The second-order valence-corrected chi connectivity index (χ2v) is 6.43. The molecule has 0 spiro atoms. The van der Waals surface area contributed by atoms with Gasteiger partial charge in [-0.25, -0.2) is 0 Å². The third-order valence-corrected chi connectivity index (χ3v) is 4.50. The van der Waals surface area contributed by atoms with Crippen molar-refractivity contribution < 1.29 is 9.53 Å². The summed E-state index contributed by atoms with van der Waals surface area (Å²) in [5.41, 5.74) is 2.22. The van der Waals surface area contributed by atoms with Crippen LogP contribution >= 0.6 is 0 Å². The predicted molar refractivity (Wildman–Crippen MR) is 93.3 cm³/mol. The molecule has 1 aromatic heterocycles. The van der Waals surface area contributed by atoms with Crippen LogP contribution in [0.25, 0.3) is 0 Å². The van der Waals surface area contributed by atoms with Crippen LogP contribution in [0.2, 0.25) is 0 Å². The first-order valence-electron chi connectivity index (χ1n) is 8.20. The molecule has 1 aliphatic rings. The van der Waals surface area contributed by atoms with Crippen molar-refractivity contribution in [1.82, 2.24) is 14.7 Å². The lowest BCUT2D eigenvalue weighted by molar-refractivity contribution is -0.120. The molecule has 0 bridgehead atoms. The fourth-order valence-corrected chi connectivity index (χ4v) is 3.06. The summed E-state index contributed by atoms with van der Waals surface area (Å²) in [7, 11) is 5.95. The fraction of sp³-hybridized carbons (Fsp3) is 0.444. The number of carbonyl (C=O) groups excluding carboxylic acids is 1. The third-order valence-electron chi connectivity index (χ3n) is 4.50. The highest BCUT2D eigenvalue weighted by molar-refractivity contribution is 5.95. The zero-order chi connectivity index (χ0) is 17.1. The van der Waals surface area contributed by atoms with Crippen LogP contribution < -0.4 is 9.64 Å². The number of amides is 1. The molecule has 24 heavy (non-hydrogen) atoms. The van der Waals surface area contributed by atoms with E-state index < -0.39 is 0 Å². The normalized spacial score (nSPS) is 17.5. The Morgan fingerprint density at radius 2 is 2.17 bits per heavy atom. The van der Waals surface area contributed by atoms with E-state index in [1.165, 1.54) is 5.56 Å². The molecule has 1 atom stereocenters. The van der Waals surface area contributed by atoms with Crippen molar-refractivity contribution in [2.45, 2.75) is 18.9 Å². The number of aromatic nitrogens is 2. The minimum atomic E-state index is -0.0277. The van der Waals surface area contributed by atoms with Crippen LogP contribution in [0, 0.1) is 0 Å². The van der Waals surface area contributed by atoms with Gasteiger partial charge in [-0.1, -0.05) is 18.2 Å². The second kappa shape index (κ2) is 7.05. The monoisotopic (exact) mass is 328 g/mol. The van der Waals surface area contributed by atoms with E-state index in [0.29, 0.717) is 18.3 Å². The number of hydrogen-bond acceptors (Lipinski definition) is 4. The lowest BCUT2D eigenvalue weighted by Crippen LogP contribution is -2.44. The van der Waals surface area contributed by atoms with Crippen molar-refractivity contribution >= 4 is 11.6 Å². The molecule has 1 unspecified atom stereocenters. The molecule has 6 heteroatoms. The summed E-state index contributed by atoms with van der Waals surface area (Å²) in [5, 5.41) is 4.05. The summed E-state index contributed by atoms with van der Waals surface area (Å²) in [5.74, 6) is 0.582. The maximum atomic E-state index is 12.8. The summed E-state index contributed by atoms with van der Waals surface area (Å²) in [6.45, 7) is 0.694. The number of carbonyl (C=O) groups is 1. The number of para-hydroxylation sites is 1. The lowest BCUT2D eigenvalue weighted by atomic mass is 10.1. The van der Waals surface area contributed by atoms with Gasteiger partial charge in [-0.15, -0.1) is 0 Å². The molecule has 0 N–H and O–H groups in total. The van der Waals surface area contributed by atoms with Crippen molar-refractivity contribution in [2.75, 3.05) is 32.1 Å². The minimum Gasteiger partial charge on any atom is -0.480 e. The quantitative estimate of drug-likeness (QED) is 0.857. The van der Waals surface area contributed by atoms with Crippen LogP contribution in [0.15, 0.2) is 36.7 Å². The average molecular weight is 328 g/mol. The molecule has 0 saturated carbocycles. The van der Waals surface area contributed by atoms with Gasteiger partial charge in [-0.05, 0) is 38.6 Å². The summed E-state index contributed by atoms with van der Waals surface area (Å²) < 4.78 is 7.26. The number of aryl methyl sites for hydroxylation is 2. The highest BCUT2D eigenvalue weighted by atomic mass is 16.5. The van der Waals surface area contributed by atoms with Crippen molar-refractivity contribution in [3.63, 3.8) is 0 Å². The Balaban J connectivity index is 1.78. The summed E-state index contributed by atoms with van der Waals surface area (Å²) >= 11 is 0.